The largest absolute Gasteiger partial charge is 0.394 e. The molecule has 0 aliphatic heterocycles. The lowest BCUT2D eigenvalue weighted by Crippen LogP contribution is -2.31. The number of anilines is 1. The summed E-state index contributed by atoms with van der Waals surface area (Å²) in [5.41, 5.74) is 0.401. The molecule has 3 aromatic rings. The minimum Gasteiger partial charge on any atom is -0.394 e. The average Bonchev–Trinajstić information content (AvgIpc) is 3.08. The van der Waals surface area contributed by atoms with E-state index < -0.39 is 17.1 Å². The predicted molar refractivity (Wildman–Crippen MR) is 90.0 cm³/mol. The van der Waals surface area contributed by atoms with Gasteiger partial charge in [-0.3, -0.25) is 10.1 Å². The summed E-state index contributed by atoms with van der Waals surface area (Å²) in [5.74, 6) is 0.515. The second-order valence-corrected chi connectivity index (χ2v) is 5.98. The lowest BCUT2D eigenvalue weighted by molar-refractivity contribution is -0.384. The zero-order valence-electron chi connectivity index (χ0n) is 12.4. The van der Waals surface area contributed by atoms with E-state index in [0.29, 0.717) is 11.4 Å². The highest BCUT2D eigenvalue weighted by Crippen LogP contribution is 2.27. The molecule has 2 heterocycles. The van der Waals surface area contributed by atoms with Crippen molar-refractivity contribution in [3.05, 3.63) is 57.7 Å². The SMILES string of the molecule is O=[N+]([O-])c1ccc(C(O)C(CO)Nc2ncnc3sccc23)cc1. The zero-order valence-corrected chi connectivity index (χ0v) is 13.2. The Morgan fingerprint density at radius 2 is 2.00 bits per heavy atom. The van der Waals surface area contributed by atoms with E-state index in [0.717, 1.165) is 10.2 Å². The number of non-ortho nitro benzene ring substituents is 1. The number of rotatable bonds is 6. The normalized spacial score (nSPS) is 13.6. The summed E-state index contributed by atoms with van der Waals surface area (Å²) in [7, 11) is 0. The summed E-state index contributed by atoms with van der Waals surface area (Å²) >= 11 is 1.47. The minimum absolute atomic E-state index is 0.0600. The summed E-state index contributed by atoms with van der Waals surface area (Å²) < 4.78 is 0. The molecule has 2 atom stereocenters. The van der Waals surface area contributed by atoms with Crippen LogP contribution in [0, 0.1) is 10.1 Å². The molecular formula is C15H14N4O4S. The van der Waals surface area contributed by atoms with E-state index in [1.165, 1.54) is 41.9 Å². The predicted octanol–water partition coefficient (Wildman–Crippen LogP) is 2.11. The number of hydrogen-bond donors (Lipinski definition) is 3. The third-order valence-corrected chi connectivity index (χ3v) is 4.43. The highest BCUT2D eigenvalue weighted by Gasteiger charge is 2.22. The molecule has 0 radical (unpaired) electrons. The molecule has 2 aromatic heterocycles. The number of aliphatic hydroxyl groups excluding tert-OH is 2. The number of thiophene rings is 1. The van der Waals surface area contributed by atoms with Gasteiger partial charge in [0.05, 0.1) is 23.0 Å². The van der Waals surface area contributed by atoms with Gasteiger partial charge in [0.2, 0.25) is 0 Å². The maximum Gasteiger partial charge on any atom is 0.269 e. The Morgan fingerprint density at radius 1 is 1.25 bits per heavy atom. The number of aromatic nitrogens is 2. The van der Waals surface area contributed by atoms with Crippen molar-refractivity contribution in [1.29, 1.82) is 0 Å². The number of nitrogens with zero attached hydrogens (tertiary/aromatic N) is 3. The molecule has 0 bridgehead atoms. The van der Waals surface area contributed by atoms with E-state index in [2.05, 4.69) is 15.3 Å². The Hall–Kier alpha value is -2.62. The maximum absolute atomic E-state index is 10.7. The monoisotopic (exact) mass is 346 g/mol. The molecule has 0 amide bonds. The first-order valence-electron chi connectivity index (χ1n) is 7.08. The number of nitrogens with one attached hydrogen (secondary N) is 1. The van der Waals surface area contributed by atoms with Crippen LogP contribution in [0.3, 0.4) is 0 Å². The van der Waals surface area contributed by atoms with Gasteiger partial charge in [-0.2, -0.15) is 0 Å². The Bertz CT molecular complexity index is 852. The molecule has 2 unspecified atom stereocenters. The van der Waals surface area contributed by atoms with Crippen LogP contribution in [0.4, 0.5) is 11.5 Å². The fraction of sp³-hybridized carbons (Fsp3) is 0.200. The Kier molecular flexibility index (Phi) is 4.65. The maximum atomic E-state index is 10.7. The van der Waals surface area contributed by atoms with Crippen LogP contribution < -0.4 is 5.32 Å². The van der Waals surface area contributed by atoms with Crippen molar-refractivity contribution in [1.82, 2.24) is 9.97 Å². The third-order valence-electron chi connectivity index (χ3n) is 3.61. The van der Waals surface area contributed by atoms with Crippen molar-refractivity contribution in [2.24, 2.45) is 0 Å². The Balaban J connectivity index is 1.82. The molecule has 3 N–H and O–H groups in total. The van der Waals surface area contributed by atoms with Crippen LogP contribution in [0.2, 0.25) is 0 Å². The van der Waals surface area contributed by atoms with Crippen molar-refractivity contribution in [3.63, 3.8) is 0 Å². The van der Waals surface area contributed by atoms with Crippen LogP contribution in [0.15, 0.2) is 42.0 Å². The van der Waals surface area contributed by atoms with Crippen LogP contribution in [0.5, 0.6) is 0 Å². The summed E-state index contributed by atoms with van der Waals surface area (Å²) in [6.07, 6.45) is 0.355. The van der Waals surface area contributed by atoms with Gasteiger partial charge in [-0.05, 0) is 29.1 Å². The Labute approximate surface area is 140 Å². The van der Waals surface area contributed by atoms with Crippen LogP contribution in [-0.4, -0.2) is 37.8 Å². The molecule has 0 saturated carbocycles. The van der Waals surface area contributed by atoms with Crippen LogP contribution in [0.25, 0.3) is 10.2 Å². The zero-order chi connectivity index (χ0) is 17.1. The van der Waals surface area contributed by atoms with Crippen molar-refractivity contribution in [3.8, 4) is 0 Å². The van der Waals surface area contributed by atoms with E-state index >= 15 is 0 Å². The van der Waals surface area contributed by atoms with Crippen LogP contribution in [0.1, 0.15) is 11.7 Å². The van der Waals surface area contributed by atoms with Gasteiger partial charge < -0.3 is 15.5 Å². The quantitative estimate of drug-likeness (QED) is 0.461. The van der Waals surface area contributed by atoms with Crippen LogP contribution in [-0.2, 0) is 0 Å². The second-order valence-electron chi connectivity index (χ2n) is 5.09. The van der Waals surface area contributed by atoms with Gasteiger partial charge in [0.15, 0.2) is 0 Å². The van der Waals surface area contributed by atoms with Gasteiger partial charge in [0.25, 0.3) is 5.69 Å². The van der Waals surface area contributed by atoms with E-state index in [4.69, 9.17) is 0 Å². The summed E-state index contributed by atoms with van der Waals surface area (Å²) in [6.45, 7) is -0.339. The van der Waals surface area contributed by atoms with Gasteiger partial charge in [0.1, 0.15) is 23.1 Å². The molecule has 24 heavy (non-hydrogen) atoms. The first-order valence-corrected chi connectivity index (χ1v) is 7.96. The highest BCUT2D eigenvalue weighted by molar-refractivity contribution is 7.16. The number of fused-ring (bicyclic) bond motifs is 1. The van der Waals surface area contributed by atoms with E-state index in [1.54, 1.807) is 0 Å². The smallest absolute Gasteiger partial charge is 0.269 e. The van der Waals surface area contributed by atoms with E-state index in [9.17, 15) is 20.3 Å². The Morgan fingerprint density at radius 3 is 2.67 bits per heavy atom. The molecule has 0 fully saturated rings. The first kappa shape index (κ1) is 16.2. The summed E-state index contributed by atoms with van der Waals surface area (Å²) in [6, 6.07) is 6.70. The van der Waals surface area contributed by atoms with Gasteiger partial charge in [0, 0.05) is 12.1 Å². The average molecular weight is 346 g/mol. The molecule has 3 rings (SSSR count). The molecule has 124 valence electrons. The molecule has 9 heteroatoms. The standard InChI is InChI=1S/C15H14N4O4S/c20-7-12(13(21)9-1-3-10(4-2-9)19(22)23)18-14-11-5-6-24-15(11)17-8-16-14/h1-6,8,12-13,20-21H,7H2,(H,16,17,18). The molecule has 0 spiro atoms. The molecular weight excluding hydrogens is 332 g/mol. The fourth-order valence-electron chi connectivity index (χ4n) is 2.33. The van der Waals surface area contributed by atoms with Gasteiger partial charge in [-0.25, -0.2) is 9.97 Å². The summed E-state index contributed by atoms with van der Waals surface area (Å²) in [4.78, 5) is 19.3. The van der Waals surface area contributed by atoms with Crippen LogP contribution >= 0.6 is 11.3 Å². The second kappa shape index (κ2) is 6.87. The van der Waals surface area contributed by atoms with Crippen molar-refractivity contribution >= 4 is 33.1 Å². The number of aliphatic hydroxyl groups is 2. The number of benzene rings is 1. The van der Waals surface area contributed by atoms with Crippen molar-refractivity contribution < 1.29 is 15.1 Å². The fourth-order valence-corrected chi connectivity index (χ4v) is 3.06. The molecule has 0 saturated heterocycles. The molecule has 0 aliphatic carbocycles. The number of nitro benzene ring substituents is 1. The topological polar surface area (TPSA) is 121 Å². The van der Waals surface area contributed by atoms with Gasteiger partial charge >= 0.3 is 0 Å². The van der Waals surface area contributed by atoms with E-state index in [1.807, 2.05) is 11.4 Å². The summed E-state index contributed by atoms with van der Waals surface area (Å²) in [5, 5.41) is 36.5. The number of hydrogen-bond acceptors (Lipinski definition) is 8. The highest BCUT2D eigenvalue weighted by atomic mass is 32.1. The first-order chi connectivity index (χ1) is 11.6. The van der Waals surface area contributed by atoms with Crippen molar-refractivity contribution in [2.75, 3.05) is 11.9 Å². The number of nitro groups is 1. The molecule has 0 aliphatic rings. The van der Waals surface area contributed by atoms with E-state index in [-0.39, 0.29) is 12.3 Å². The van der Waals surface area contributed by atoms with Gasteiger partial charge in [-0.1, -0.05) is 0 Å². The van der Waals surface area contributed by atoms with Gasteiger partial charge in [-0.15, -0.1) is 11.3 Å². The third kappa shape index (κ3) is 3.18. The lowest BCUT2D eigenvalue weighted by atomic mass is 10.0. The lowest BCUT2D eigenvalue weighted by Gasteiger charge is -2.23. The molecule has 1 aromatic carbocycles. The minimum atomic E-state index is -1.06. The van der Waals surface area contributed by atoms with Crippen molar-refractivity contribution in [2.45, 2.75) is 12.1 Å². The molecule has 8 nitrogen and oxygen atoms in total.